The van der Waals surface area contributed by atoms with Gasteiger partial charge in [0.1, 0.15) is 5.82 Å². The number of aromatic nitrogens is 1. The number of anilines is 1. The summed E-state index contributed by atoms with van der Waals surface area (Å²) in [5.41, 5.74) is 0.756. The molecule has 0 unspecified atom stereocenters. The molecule has 3 aliphatic rings. The molecule has 3 fully saturated rings. The van der Waals surface area contributed by atoms with Gasteiger partial charge in [0.05, 0.1) is 18.8 Å². The van der Waals surface area contributed by atoms with Gasteiger partial charge in [-0.15, -0.1) is 0 Å². The fraction of sp³-hybridized carbons (Fsp3) is 0.667. The number of hydrogen-bond donors (Lipinski definition) is 0. The molecule has 0 spiro atoms. The molecule has 1 amide bonds. The monoisotopic (exact) mass is 330 g/mol. The minimum Gasteiger partial charge on any atom is -0.374 e. The van der Waals surface area contributed by atoms with Crippen LogP contribution in [0.5, 0.6) is 0 Å². The number of nitrogens with zero attached hydrogens (tertiary/aromatic N) is 4. The Morgan fingerprint density at radius 3 is 2.88 bits per heavy atom. The second kappa shape index (κ2) is 6.69. The summed E-state index contributed by atoms with van der Waals surface area (Å²) in [7, 11) is 2.14. The summed E-state index contributed by atoms with van der Waals surface area (Å²) in [6, 6.07) is 4.07. The number of ether oxygens (including phenoxy) is 1. The normalized spacial score (nSPS) is 28.0. The number of rotatable bonds is 2. The van der Waals surface area contributed by atoms with E-state index < -0.39 is 0 Å². The summed E-state index contributed by atoms with van der Waals surface area (Å²) in [4.78, 5) is 24.2. The topological polar surface area (TPSA) is 48.9 Å². The summed E-state index contributed by atoms with van der Waals surface area (Å²) in [5, 5.41) is 0. The highest BCUT2D eigenvalue weighted by molar-refractivity contribution is 5.95. The first-order valence-corrected chi connectivity index (χ1v) is 9.04. The molecule has 1 aromatic rings. The fourth-order valence-electron chi connectivity index (χ4n) is 4.10. The van der Waals surface area contributed by atoms with E-state index in [0.717, 1.165) is 56.8 Å². The lowest BCUT2D eigenvalue weighted by atomic mass is 10.1. The molecule has 1 aliphatic carbocycles. The maximum Gasteiger partial charge on any atom is 0.254 e. The first-order valence-electron chi connectivity index (χ1n) is 9.04. The molecule has 2 saturated heterocycles. The Balaban J connectivity index is 1.51. The molecule has 4 rings (SSSR count). The number of piperazine rings is 1. The van der Waals surface area contributed by atoms with Crippen molar-refractivity contribution in [3.63, 3.8) is 0 Å². The van der Waals surface area contributed by atoms with Crippen LogP contribution in [0.3, 0.4) is 0 Å². The molecule has 130 valence electrons. The van der Waals surface area contributed by atoms with Gasteiger partial charge in [-0.1, -0.05) is 0 Å². The maximum absolute atomic E-state index is 13.0. The van der Waals surface area contributed by atoms with Gasteiger partial charge in [0.15, 0.2) is 0 Å². The zero-order valence-corrected chi connectivity index (χ0v) is 14.4. The smallest absolute Gasteiger partial charge is 0.254 e. The zero-order chi connectivity index (χ0) is 16.5. The minimum atomic E-state index is 0.132. The predicted molar refractivity (Wildman–Crippen MR) is 92.4 cm³/mol. The highest BCUT2D eigenvalue weighted by Gasteiger charge is 2.38. The van der Waals surface area contributed by atoms with Crippen LogP contribution >= 0.6 is 0 Å². The number of hydrogen-bond acceptors (Lipinski definition) is 5. The van der Waals surface area contributed by atoms with Crippen molar-refractivity contribution in [2.75, 3.05) is 51.3 Å². The second-order valence-electron chi connectivity index (χ2n) is 7.10. The summed E-state index contributed by atoms with van der Waals surface area (Å²) in [6.07, 6.45) is 5.31. The van der Waals surface area contributed by atoms with Gasteiger partial charge in [-0.25, -0.2) is 4.98 Å². The number of amides is 1. The van der Waals surface area contributed by atoms with Gasteiger partial charge in [0.2, 0.25) is 0 Å². The molecule has 0 bridgehead atoms. The number of carbonyl (C=O) groups excluding carboxylic acids is 1. The molecule has 0 aromatic carbocycles. The van der Waals surface area contributed by atoms with Crippen molar-refractivity contribution in [2.45, 2.75) is 31.4 Å². The summed E-state index contributed by atoms with van der Waals surface area (Å²) < 4.78 is 5.83. The Kier molecular flexibility index (Phi) is 4.41. The molecule has 3 heterocycles. The molecule has 6 heteroatoms. The highest BCUT2D eigenvalue weighted by atomic mass is 16.5. The molecule has 2 atom stereocenters. The van der Waals surface area contributed by atoms with E-state index in [9.17, 15) is 4.79 Å². The molecular formula is C18H26N4O2. The third kappa shape index (κ3) is 3.00. The number of morpholine rings is 1. The summed E-state index contributed by atoms with van der Waals surface area (Å²) >= 11 is 0. The van der Waals surface area contributed by atoms with Crippen LogP contribution < -0.4 is 4.90 Å². The highest BCUT2D eigenvalue weighted by Crippen LogP contribution is 2.31. The van der Waals surface area contributed by atoms with Gasteiger partial charge in [-0.05, 0) is 38.4 Å². The molecule has 24 heavy (non-hydrogen) atoms. The van der Waals surface area contributed by atoms with Crippen molar-refractivity contribution in [3.8, 4) is 0 Å². The Labute approximate surface area is 143 Å². The molecule has 1 saturated carbocycles. The van der Waals surface area contributed by atoms with Crippen molar-refractivity contribution in [1.82, 2.24) is 14.8 Å². The van der Waals surface area contributed by atoms with E-state index in [1.165, 1.54) is 0 Å². The van der Waals surface area contributed by atoms with Crippen molar-refractivity contribution in [2.24, 2.45) is 0 Å². The van der Waals surface area contributed by atoms with Gasteiger partial charge in [-0.3, -0.25) is 4.79 Å². The van der Waals surface area contributed by atoms with Crippen LogP contribution in [0.2, 0.25) is 0 Å². The van der Waals surface area contributed by atoms with Crippen LogP contribution in [0.4, 0.5) is 5.82 Å². The Morgan fingerprint density at radius 2 is 2.04 bits per heavy atom. The average molecular weight is 330 g/mol. The van der Waals surface area contributed by atoms with Gasteiger partial charge >= 0.3 is 0 Å². The third-order valence-electron chi connectivity index (χ3n) is 5.56. The first kappa shape index (κ1) is 15.8. The lowest BCUT2D eigenvalue weighted by molar-refractivity contribution is -0.0445. The number of likely N-dealkylation sites (N-methyl/N-ethyl adjacent to an activating group) is 1. The number of pyridine rings is 1. The molecule has 0 radical (unpaired) electrons. The second-order valence-corrected chi connectivity index (χ2v) is 7.10. The van der Waals surface area contributed by atoms with Gasteiger partial charge in [0.25, 0.3) is 5.91 Å². The Hall–Kier alpha value is -1.66. The lowest BCUT2D eigenvalue weighted by Crippen LogP contribution is -2.51. The Morgan fingerprint density at radius 1 is 1.21 bits per heavy atom. The average Bonchev–Trinajstić information content (AvgIpc) is 3.10. The SMILES string of the molecule is CN1CCN(c2cc(C(=O)N3CCO[C@@H]4CCC[C@H]43)ccn2)CC1. The van der Waals surface area contributed by atoms with Crippen LogP contribution in [0.15, 0.2) is 18.3 Å². The number of fused-ring (bicyclic) bond motifs is 1. The van der Waals surface area contributed by atoms with E-state index in [4.69, 9.17) is 4.74 Å². The van der Waals surface area contributed by atoms with E-state index in [-0.39, 0.29) is 18.1 Å². The van der Waals surface area contributed by atoms with Gasteiger partial charge in [0, 0.05) is 44.5 Å². The first-order chi connectivity index (χ1) is 11.7. The van der Waals surface area contributed by atoms with E-state index >= 15 is 0 Å². The van der Waals surface area contributed by atoms with Crippen LogP contribution in [0.1, 0.15) is 29.6 Å². The van der Waals surface area contributed by atoms with Crippen molar-refractivity contribution < 1.29 is 9.53 Å². The largest absolute Gasteiger partial charge is 0.374 e. The zero-order valence-electron chi connectivity index (χ0n) is 14.4. The molecule has 6 nitrogen and oxygen atoms in total. The van der Waals surface area contributed by atoms with Crippen molar-refractivity contribution in [3.05, 3.63) is 23.9 Å². The molecule has 2 aliphatic heterocycles. The fourth-order valence-corrected chi connectivity index (χ4v) is 4.10. The van der Waals surface area contributed by atoms with Crippen molar-refractivity contribution >= 4 is 11.7 Å². The standard InChI is InChI=1S/C18H26N4O2/c1-20-7-9-21(10-8-20)17-13-14(5-6-19-17)18(23)22-11-12-24-16-4-2-3-15(16)22/h5-6,13,15-16H,2-4,7-12H2,1H3/t15-,16-/m1/s1. The maximum atomic E-state index is 13.0. The number of carbonyl (C=O) groups is 1. The minimum absolute atomic E-state index is 0.132. The van der Waals surface area contributed by atoms with Crippen LogP contribution in [-0.2, 0) is 4.74 Å². The Bertz CT molecular complexity index is 600. The predicted octanol–water partition coefficient (Wildman–Crippen LogP) is 1.23. The van der Waals surface area contributed by atoms with Gasteiger partial charge in [-0.2, -0.15) is 0 Å². The van der Waals surface area contributed by atoms with Crippen LogP contribution in [0.25, 0.3) is 0 Å². The molecular weight excluding hydrogens is 304 g/mol. The lowest BCUT2D eigenvalue weighted by Gasteiger charge is -2.38. The van der Waals surface area contributed by atoms with Gasteiger partial charge < -0.3 is 19.4 Å². The summed E-state index contributed by atoms with van der Waals surface area (Å²) in [6.45, 7) is 5.35. The van der Waals surface area contributed by atoms with E-state index in [2.05, 4.69) is 21.8 Å². The molecule has 0 N–H and O–H groups in total. The molecule has 1 aromatic heterocycles. The van der Waals surface area contributed by atoms with Crippen molar-refractivity contribution in [1.29, 1.82) is 0 Å². The quantitative estimate of drug-likeness (QED) is 0.816. The van der Waals surface area contributed by atoms with E-state index in [0.29, 0.717) is 13.2 Å². The van der Waals surface area contributed by atoms with E-state index in [1.807, 2.05) is 17.0 Å². The van der Waals surface area contributed by atoms with Crippen LogP contribution in [-0.4, -0.2) is 79.2 Å². The van der Waals surface area contributed by atoms with Crippen LogP contribution in [0, 0.1) is 0 Å². The third-order valence-corrected chi connectivity index (χ3v) is 5.56. The summed E-state index contributed by atoms with van der Waals surface area (Å²) in [5.74, 6) is 1.05. The van der Waals surface area contributed by atoms with E-state index in [1.54, 1.807) is 6.20 Å².